The number of aromatic nitrogens is 1. The van der Waals surface area contributed by atoms with Gasteiger partial charge in [0.05, 0.1) is 22.5 Å². The zero-order valence-corrected chi connectivity index (χ0v) is 17.9. The van der Waals surface area contributed by atoms with E-state index in [4.69, 9.17) is 0 Å². The van der Waals surface area contributed by atoms with Gasteiger partial charge < -0.3 is 9.30 Å². The van der Waals surface area contributed by atoms with E-state index in [2.05, 4.69) is 15.5 Å². The number of alkyl halides is 3. The summed E-state index contributed by atoms with van der Waals surface area (Å²) in [5.41, 5.74) is 2.47. The molecule has 0 saturated heterocycles. The summed E-state index contributed by atoms with van der Waals surface area (Å²) in [6.07, 6.45) is -2.79. The summed E-state index contributed by atoms with van der Waals surface area (Å²) < 4.78 is 70.2. The molecule has 0 atom stereocenters. The lowest BCUT2D eigenvalue weighted by molar-refractivity contribution is -0.274. The van der Waals surface area contributed by atoms with E-state index in [0.29, 0.717) is 45.9 Å². The van der Waals surface area contributed by atoms with Gasteiger partial charge in [-0.3, -0.25) is 4.72 Å². The average Bonchev–Trinajstić information content (AvgIpc) is 3.49. The Morgan fingerprint density at radius 2 is 1.88 bits per heavy atom. The molecule has 4 rings (SSSR count). The van der Waals surface area contributed by atoms with Gasteiger partial charge in [-0.1, -0.05) is 12.1 Å². The van der Waals surface area contributed by atoms with Crippen LogP contribution in [0.2, 0.25) is 0 Å². The molecule has 0 amide bonds. The fourth-order valence-corrected chi connectivity index (χ4v) is 4.28. The maximum absolute atomic E-state index is 12.7. The molecule has 0 spiro atoms. The predicted octanol–water partition coefficient (Wildman–Crippen LogP) is 5.25. The van der Waals surface area contributed by atoms with E-state index in [1.807, 2.05) is 4.57 Å². The number of anilines is 1. The van der Waals surface area contributed by atoms with Crippen LogP contribution in [0.3, 0.4) is 0 Å². The highest BCUT2D eigenvalue weighted by Gasteiger charge is 2.32. The van der Waals surface area contributed by atoms with Crippen molar-refractivity contribution in [2.45, 2.75) is 32.7 Å². The number of hydrogen-bond acceptors (Lipinski definition) is 4. The van der Waals surface area contributed by atoms with Gasteiger partial charge >= 0.3 is 6.36 Å². The standard InChI is InChI=1S/C22H20F3N3O3S/c1-2-32(29,30)27-16-7-5-15(6-8-16)21-19(12-26)18-10-9-17(31-22(23,24)25)11-20(18)28(21)13-14-3-4-14/h5-11,14,27H,2-4,13H2,1H3. The fraction of sp³-hybridized carbons (Fsp3) is 0.318. The molecule has 1 aliphatic carbocycles. The third-order valence-electron chi connectivity index (χ3n) is 5.33. The van der Waals surface area contributed by atoms with Crippen molar-refractivity contribution in [1.82, 2.24) is 4.57 Å². The van der Waals surface area contributed by atoms with Crippen LogP contribution in [0.5, 0.6) is 5.75 Å². The van der Waals surface area contributed by atoms with Crippen molar-refractivity contribution < 1.29 is 26.3 Å². The van der Waals surface area contributed by atoms with Crippen LogP contribution in [0, 0.1) is 17.2 Å². The second-order valence-corrected chi connectivity index (χ2v) is 9.71. The van der Waals surface area contributed by atoms with Gasteiger partial charge in [-0.05, 0) is 55.5 Å². The van der Waals surface area contributed by atoms with Gasteiger partial charge in [0, 0.05) is 23.7 Å². The quantitative estimate of drug-likeness (QED) is 0.519. The van der Waals surface area contributed by atoms with E-state index in [1.54, 1.807) is 24.3 Å². The number of fused-ring (bicyclic) bond motifs is 1. The Labute approximate surface area is 183 Å². The van der Waals surface area contributed by atoms with Crippen LogP contribution in [0.4, 0.5) is 18.9 Å². The van der Waals surface area contributed by atoms with Crippen molar-refractivity contribution in [1.29, 1.82) is 5.26 Å². The first kappa shape index (κ1) is 22.0. The van der Waals surface area contributed by atoms with Crippen LogP contribution in [-0.2, 0) is 16.6 Å². The summed E-state index contributed by atoms with van der Waals surface area (Å²) in [5.74, 6) is -0.0238. The Balaban J connectivity index is 1.83. The number of sulfonamides is 1. The molecule has 1 heterocycles. The molecule has 1 aliphatic rings. The van der Waals surface area contributed by atoms with Gasteiger partial charge in [-0.15, -0.1) is 13.2 Å². The third-order valence-corrected chi connectivity index (χ3v) is 6.64. The Morgan fingerprint density at radius 3 is 2.44 bits per heavy atom. The largest absolute Gasteiger partial charge is 0.573 e. The molecule has 3 aromatic rings. The molecule has 32 heavy (non-hydrogen) atoms. The minimum Gasteiger partial charge on any atom is -0.406 e. The first-order valence-corrected chi connectivity index (χ1v) is 11.7. The van der Waals surface area contributed by atoms with E-state index < -0.39 is 16.4 Å². The van der Waals surface area contributed by atoms with Crippen molar-refractivity contribution >= 4 is 26.6 Å². The topological polar surface area (TPSA) is 84.1 Å². The van der Waals surface area contributed by atoms with Crippen LogP contribution in [0.1, 0.15) is 25.3 Å². The molecule has 0 aliphatic heterocycles. The molecule has 1 saturated carbocycles. The normalized spacial score (nSPS) is 14.3. The van der Waals surface area contributed by atoms with Crippen molar-refractivity contribution in [3.8, 4) is 23.1 Å². The summed E-state index contributed by atoms with van der Waals surface area (Å²) in [4.78, 5) is 0. The SMILES string of the molecule is CCS(=O)(=O)Nc1ccc(-c2c(C#N)c3ccc(OC(F)(F)F)cc3n2CC2CC2)cc1. The molecule has 1 N–H and O–H groups in total. The lowest BCUT2D eigenvalue weighted by atomic mass is 10.1. The lowest BCUT2D eigenvalue weighted by Crippen LogP contribution is -2.17. The highest BCUT2D eigenvalue weighted by molar-refractivity contribution is 7.92. The maximum atomic E-state index is 12.7. The molecule has 168 valence electrons. The van der Waals surface area contributed by atoms with Crippen molar-refractivity contribution in [2.75, 3.05) is 10.5 Å². The van der Waals surface area contributed by atoms with Gasteiger partial charge in [0.2, 0.25) is 10.0 Å². The summed E-state index contributed by atoms with van der Waals surface area (Å²) in [6, 6.07) is 12.7. The number of rotatable bonds is 7. The number of nitriles is 1. The third kappa shape index (κ3) is 4.67. The number of nitrogens with one attached hydrogen (secondary N) is 1. The van der Waals surface area contributed by atoms with Crippen LogP contribution in [0.15, 0.2) is 42.5 Å². The highest BCUT2D eigenvalue weighted by atomic mass is 32.2. The number of halogens is 3. The average molecular weight is 463 g/mol. The minimum atomic E-state index is -4.82. The van der Waals surface area contributed by atoms with Gasteiger partial charge in [-0.25, -0.2) is 8.42 Å². The lowest BCUT2D eigenvalue weighted by Gasteiger charge is -2.13. The second-order valence-electron chi connectivity index (χ2n) is 7.70. The van der Waals surface area contributed by atoms with Crippen molar-refractivity contribution in [2.24, 2.45) is 5.92 Å². The zero-order valence-electron chi connectivity index (χ0n) is 17.1. The molecule has 10 heteroatoms. The summed E-state index contributed by atoms with van der Waals surface area (Å²) in [7, 11) is -3.43. The molecular formula is C22H20F3N3O3S. The zero-order chi connectivity index (χ0) is 23.1. The van der Waals surface area contributed by atoms with Crippen LogP contribution in [0.25, 0.3) is 22.2 Å². The molecular weight excluding hydrogens is 443 g/mol. The van der Waals surface area contributed by atoms with E-state index in [0.717, 1.165) is 12.8 Å². The fourth-order valence-electron chi connectivity index (χ4n) is 3.64. The van der Waals surface area contributed by atoms with Crippen LogP contribution >= 0.6 is 0 Å². The molecule has 1 fully saturated rings. The van der Waals surface area contributed by atoms with E-state index in [1.165, 1.54) is 25.1 Å². The first-order valence-electron chi connectivity index (χ1n) is 10.0. The van der Waals surface area contributed by atoms with E-state index >= 15 is 0 Å². The molecule has 2 aromatic carbocycles. The van der Waals surface area contributed by atoms with Crippen molar-refractivity contribution in [3.05, 3.63) is 48.0 Å². The van der Waals surface area contributed by atoms with Gasteiger partial charge in [-0.2, -0.15) is 5.26 Å². The molecule has 0 bridgehead atoms. The van der Waals surface area contributed by atoms with E-state index in [9.17, 15) is 26.9 Å². The summed E-state index contributed by atoms with van der Waals surface area (Å²) >= 11 is 0. The summed E-state index contributed by atoms with van der Waals surface area (Å²) in [6.45, 7) is 2.09. The Morgan fingerprint density at radius 1 is 1.19 bits per heavy atom. The Kier molecular flexibility index (Phi) is 5.54. The molecule has 0 unspecified atom stereocenters. The monoisotopic (exact) mass is 463 g/mol. The van der Waals surface area contributed by atoms with Gasteiger partial charge in [0.25, 0.3) is 0 Å². The number of hydrogen-bond donors (Lipinski definition) is 1. The number of nitrogens with zero attached hydrogens (tertiary/aromatic N) is 2. The van der Waals surface area contributed by atoms with Gasteiger partial charge in [0.15, 0.2) is 0 Å². The van der Waals surface area contributed by atoms with E-state index in [-0.39, 0.29) is 11.5 Å². The van der Waals surface area contributed by atoms with Crippen molar-refractivity contribution in [3.63, 3.8) is 0 Å². The smallest absolute Gasteiger partial charge is 0.406 e. The summed E-state index contributed by atoms with van der Waals surface area (Å²) in [5, 5.41) is 10.4. The molecule has 6 nitrogen and oxygen atoms in total. The molecule has 0 radical (unpaired) electrons. The Bertz CT molecular complexity index is 1300. The maximum Gasteiger partial charge on any atom is 0.573 e. The highest BCUT2D eigenvalue weighted by Crippen LogP contribution is 2.40. The number of benzene rings is 2. The van der Waals surface area contributed by atoms with Gasteiger partial charge in [0.1, 0.15) is 11.8 Å². The second kappa shape index (κ2) is 8.06. The minimum absolute atomic E-state index is 0.0642. The number of ether oxygens (including phenoxy) is 1. The molecule has 1 aromatic heterocycles. The predicted molar refractivity (Wildman–Crippen MR) is 115 cm³/mol. The first-order chi connectivity index (χ1) is 15.1. The van der Waals surface area contributed by atoms with Crippen LogP contribution in [-0.4, -0.2) is 25.1 Å². The van der Waals surface area contributed by atoms with Crippen LogP contribution < -0.4 is 9.46 Å². The Hall–Kier alpha value is -3.19.